The van der Waals surface area contributed by atoms with Crippen LogP contribution in [-0.4, -0.2) is 23.4 Å². The molecule has 0 radical (unpaired) electrons. The molecule has 2 heteroatoms. The first-order valence-corrected chi connectivity index (χ1v) is 5.16. The Bertz CT molecular complexity index is 58.9. The van der Waals surface area contributed by atoms with Crippen LogP contribution in [0.4, 0.5) is 0 Å². The predicted molar refractivity (Wildman–Crippen MR) is 54.5 cm³/mol. The highest BCUT2D eigenvalue weighted by molar-refractivity contribution is 4.38. The Morgan fingerprint density at radius 3 is 1.25 bits per heavy atom. The van der Waals surface area contributed by atoms with Crippen LogP contribution in [0.1, 0.15) is 53.4 Å². The molecule has 0 unspecified atom stereocenters. The van der Waals surface area contributed by atoms with Gasteiger partial charge in [0.15, 0.2) is 0 Å². The first kappa shape index (κ1) is 14.4. The van der Waals surface area contributed by atoms with Crippen molar-refractivity contribution in [1.82, 2.24) is 5.06 Å². The Morgan fingerprint density at radius 1 is 0.750 bits per heavy atom. The van der Waals surface area contributed by atoms with E-state index in [-0.39, 0.29) is 0 Å². The van der Waals surface area contributed by atoms with Gasteiger partial charge in [-0.25, -0.2) is 0 Å². The molecule has 0 aromatic heterocycles. The van der Waals surface area contributed by atoms with Gasteiger partial charge >= 0.3 is 0 Å². The van der Waals surface area contributed by atoms with Crippen molar-refractivity contribution in [1.29, 1.82) is 0 Å². The Hall–Kier alpha value is -0.0800. The van der Waals surface area contributed by atoms with E-state index in [0.29, 0.717) is 0 Å². The molecule has 0 bridgehead atoms. The maximum atomic E-state index is 8.88. The van der Waals surface area contributed by atoms with Crippen LogP contribution in [-0.2, 0) is 0 Å². The fourth-order valence-corrected chi connectivity index (χ4v) is 0.628. The standard InChI is InChI=1S/C6H15NO.C4H10/c1-3-5-7(8)6-4-2;1-3-4-2/h8H,3-6H2,1-2H3;3-4H2,1-2H3. The van der Waals surface area contributed by atoms with Gasteiger partial charge in [-0.3, -0.25) is 0 Å². The number of hydrogen-bond donors (Lipinski definition) is 1. The molecule has 0 fully saturated rings. The lowest BCUT2D eigenvalue weighted by molar-refractivity contribution is -0.0900. The molecule has 0 rings (SSSR count). The second kappa shape index (κ2) is 13.5. The number of rotatable bonds is 5. The molecule has 0 aliphatic heterocycles. The molecular formula is C10H25NO. The largest absolute Gasteiger partial charge is 0.314 e. The van der Waals surface area contributed by atoms with Gasteiger partial charge in [0.25, 0.3) is 0 Å². The summed E-state index contributed by atoms with van der Waals surface area (Å²) in [5, 5.41) is 10.2. The second-order valence-electron chi connectivity index (χ2n) is 2.95. The van der Waals surface area contributed by atoms with Crippen molar-refractivity contribution in [3.8, 4) is 0 Å². The number of unbranched alkanes of at least 4 members (excludes halogenated alkanes) is 1. The number of nitrogens with zero attached hydrogens (tertiary/aromatic N) is 1. The van der Waals surface area contributed by atoms with Gasteiger partial charge < -0.3 is 5.21 Å². The number of hydroxylamine groups is 2. The van der Waals surface area contributed by atoms with Gasteiger partial charge in [-0.2, -0.15) is 5.06 Å². The highest BCUT2D eigenvalue weighted by atomic mass is 16.5. The van der Waals surface area contributed by atoms with Crippen molar-refractivity contribution in [3.63, 3.8) is 0 Å². The Morgan fingerprint density at radius 2 is 1.08 bits per heavy atom. The minimum Gasteiger partial charge on any atom is -0.314 e. The average Bonchev–Trinajstić information content (AvgIpc) is 2.06. The van der Waals surface area contributed by atoms with Crippen molar-refractivity contribution >= 4 is 0 Å². The summed E-state index contributed by atoms with van der Waals surface area (Å²) in [4.78, 5) is 0. The van der Waals surface area contributed by atoms with Crippen LogP contribution in [0.15, 0.2) is 0 Å². The summed E-state index contributed by atoms with van der Waals surface area (Å²) >= 11 is 0. The molecule has 0 spiro atoms. The SMILES string of the molecule is CCCC.CCCN(O)CCC. The zero-order valence-corrected chi connectivity index (χ0v) is 9.14. The minimum atomic E-state index is 0.799. The van der Waals surface area contributed by atoms with E-state index in [1.807, 2.05) is 0 Å². The summed E-state index contributed by atoms with van der Waals surface area (Å²) in [6.07, 6.45) is 4.69. The Labute approximate surface area is 77.5 Å². The van der Waals surface area contributed by atoms with Crippen LogP contribution in [0.2, 0.25) is 0 Å². The van der Waals surface area contributed by atoms with Gasteiger partial charge in [0.1, 0.15) is 0 Å². The molecule has 0 saturated heterocycles. The first-order valence-electron chi connectivity index (χ1n) is 5.16. The molecule has 0 heterocycles. The summed E-state index contributed by atoms with van der Waals surface area (Å²) in [5.74, 6) is 0. The molecule has 0 aromatic rings. The van der Waals surface area contributed by atoms with Gasteiger partial charge in [-0.1, -0.05) is 40.5 Å². The fraction of sp³-hybridized carbons (Fsp3) is 1.00. The Kier molecular flexibility index (Phi) is 16.3. The zero-order valence-electron chi connectivity index (χ0n) is 9.14. The van der Waals surface area contributed by atoms with E-state index in [4.69, 9.17) is 5.21 Å². The van der Waals surface area contributed by atoms with Crippen molar-refractivity contribution in [2.75, 3.05) is 13.1 Å². The normalized spacial score (nSPS) is 9.50. The molecule has 0 atom stereocenters. The third kappa shape index (κ3) is 16.5. The molecule has 1 N–H and O–H groups in total. The molecule has 0 saturated carbocycles. The second-order valence-corrected chi connectivity index (χ2v) is 2.95. The van der Waals surface area contributed by atoms with Crippen molar-refractivity contribution in [3.05, 3.63) is 0 Å². The molecule has 76 valence electrons. The molecule has 0 aliphatic rings. The van der Waals surface area contributed by atoms with E-state index < -0.39 is 0 Å². The summed E-state index contributed by atoms with van der Waals surface area (Å²) in [7, 11) is 0. The van der Waals surface area contributed by atoms with E-state index in [9.17, 15) is 0 Å². The van der Waals surface area contributed by atoms with Crippen molar-refractivity contribution in [2.24, 2.45) is 0 Å². The Balaban J connectivity index is 0. The van der Waals surface area contributed by atoms with Crippen LogP contribution in [0.5, 0.6) is 0 Å². The van der Waals surface area contributed by atoms with Crippen molar-refractivity contribution in [2.45, 2.75) is 53.4 Å². The smallest absolute Gasteiger partial charge is 0.0235 e. The maximum Gasteiger partial charge on any atom is 0.0235 e. The van der Waals surface area contributed by atoms with E-state index in [2.05, 4.69) is 27.7 Å². The van der Waals surface area contributed by atoms with E-state index in [1.165, 1.54) is 17.9 Å². The predicted octanol–water partition coefficient (Wildman–Crippen LogP) is 3.30. The summed E-state index contributed by atoms with van der Waals surface area (Å²) in [5.41, 5.74) is 0. The lowest BCUT2D eigenvalue weighted by atomic mass is 10.4. The van der Waals surface area contributed by atoms with Crippen LogP contribution in [0.3, 0.4) is 0 Å². The monoisotopic (exact) mass is 175 g/mol. The lowest BCUT2D eigenvalue weighted by Crippen LogP contribution is -2.20. The van der Waals surface area contributed by atoms with Crippen molar-refractivity contribution < 1.29 is 5.21 Å². The highest BCUT2D eigenvalue weighted by Crippen LogP contribution is 1.86. The van der Waals surface area contributed by atoms with Gasteiger partial charge in [0, 0.05) is 13.1 Å². The third-order valence-electron chi connectivity index (χ3n) is 1.46. The quantitative estimate of drug-likeness (QED) is 0.648. The molecule has 0 aliphatic carbocycles. The topological polar surface area (TPSA) is 23.5 Å². The van der Waals surface area contributed by atoms with Crippen LogP contribution in [0, 0.1) is 0 Å². The fourth-order valence-electron chi connectivity index (χ4n) is 0.628. The van der Waals surface area contributed by atoms with Crippen LogP contribution >= 0.6 is 0 Å². The van der Waals surface area contributed by atoms with Gasteiger partial charge in [-0.15, -0.1) is 0 Å². The van der Waals surface area contributed by atoms with Gasteiger partial charge in [-0.05, 0) is 12.8 Å². The maximum absolute atomic E-state index is 8.88. The van der Waals surface area contributed by atoms with E-state index in [1.54, 1.807) is 0 Å². The van der Waals surface area contributed by atoms with Crippen LogP contribution < -0.4 is 0 Å². The summed E-state index contributed by atoms with van der Waals surface area (Å²) in [6.45, 7) is 10.1. The zero-order chi connectivity index (χ0) is 9.82. The van der Waals surface area contributed by atoms with E-state index in [0.717, 1.165) is 25.9 Å². The van der Waals surface area contributed by atoms with Gasteiger partial charge in [0.2, 0.25) is 0 Å². The first-order chi connectivity index (χ1) is 5.72. The van der Waals surface area contributed by atoms with Gasteiger partial charge in [0.05, 0.1) is 0 Å². The highest BCUT2D eigenvalue weighted by Gasteiger charge is 1.92. The molecule has 12 heavy (non-hydrogen) atoms. The summed E-state index contributed by atoms with van der Waals surface area (Å²) < 4.78 is 0. The van der Waals surface area contributed by atoms with Crippen LogP contribution in [0.25, 0.3) is 0 Å². The third-order valence-corrected chi connectivity index (χ3v) is 1.46. The summed E-state index contributed by atoms with van der Waals surface area (Å²) in [6, 6.07) is 0. The van der Waals surface area contributed by atoms with E-state index >= 15 is 0 Å². The molecule has 0 aromatic carbocycles. The molecule has 0 amide bonds. The molecule has 2 nitrogen and oxygen atoms in total. The lowest BCUT2D eigenvalue weighted by Gasteiger charge is -2.10. The minimum absolute atomic E-state index is 0.799. The average molecular weight is 175 g/mol. The number of hydrogen-bond acceptors (Lipinski definition) is 2. The molecular weight excluding hydrogens is 150 g/mol.